The van der Waals surface area contributed by atoms with Gasteiger partial charge in [0.15, 0.2) is 0 Å². The molecule has 0 radical (unpaired) electrons. The third kappa shape index (κ3) is 3.04. The molecule has 0 unspecified atom stereocenters. The molecule has 0 fully saturated rings. The van der Waals surface area contributed by atoms with Gasteiger partial charge in [0.1, 0.15) is 21.6 Å². The summed E-state index contributed by atoms with van der Waals surface area (Å²) in [6.45, 7) is 0. The van der Waals surface area contributed by atoms with Gasteiger partial charge in [-0.05, 0) is 52.0 Å². The van der Waals surface area contributed by atoms with E-state index in [1.165, 1.54) is 11.8 Å². The first-order chi connectivity index (χ1) is 8.16. The topological polar surface area (TPSA) is 75.7 Å². The van der Waals surface area contributed by atoms with Gasteiger partial charge in [-0.3, -0.25) is 5.41 Å². The maximum absolute atomic E-state index is 7.34. The molecule has 3 N–H and O–H groups in total. The van der Waals surface area contributed by atoms with E-state index in [2.05, 4.69) is 25.9 Å². The monoisotopic (exact) mass is 308 g/mol. The van der Waals surface area contributed by atoms with Gasteiger partial charge in [-0.25, -0.2) is 9.97 Å². The molecular formula is C11H9BrN4S. The van der Waals surface area contributed by atoms with Crippen LogP contribution < -0.4 is 5.73 Å². The summed E-state index contributed by atoms with van der Waals surface area (Å²) in [5.74, 6) is -0.0347. The number of amidine groups is 1. The van der Waals surface area contributed by atoms with Crippen LogP contribution in [-0.4, -0.2) is 15.8 Å². The summed E-state index contributed by atoms with van der Waals surface area (Å²) in [6.07, 6.45) is 1.72. The van der Waals surface area contributed by atoms with Gasteiger partial charge in [-0.2, -0.15) is 0 Å². The molecule has 0 bridgehead atoms. The van der Waals surface area contributed by atoms with Crippen molar-refractivity contribution in [2.75, 3.05) is 0 Å². The number of halogens is 1. The summed E-state index contributed by atoms with van der Waals surface area (Å²) >= 11 is 4.85. The summed E-state index contributed by atoms with van der Waals surface area (Å²) in [5, 5.41) is 8.93. The fourth-order valence-corrected chi connectivity index (χ4v) is 2.43. The third-order valence-corrected chi connectivity index (χ3v) is 3.78. The van der Waals surface area contributed by atoms with Crippen LogP contribution >= 0.6 is 27.7 Å². The van der Waals surface area contributed by atoms with Crippen molar-refractivity contribution in [3.05, 3.63) is 46.7 Å². The SMILES string of the molecule is N=C(N)c1cccc(Sc2ncccc2Br)n1. The molecule has 0 aliphatic rings. The zero-order valence-electron chi connectivity index (χ0n) is 8.72. The molecule has 6 heteroatoms. The standard InChI is InChI=1S/C11H9BrN4S/c12-7-3-2-6-15-11(7)17-9-5-1-4-8(16-9)10(13)14/h1-6H,(H3,13,14). The van der Waals surface area contributed by atoms with Crippen LogP contribution in [0, 0.1) is 5.41 Å². The first kappa shape index (κ1) is 12.1. The predicted molar refractivity (Wildman–Crippen MR) is 71.3 cm³/mol. The number of hydrogen-bond donors (Lipinski definition) is 2. The van der Waals surface area contributed by atoms with Crippen molar-refractivity contribution < 1.29 is 0 Å². The van der Waals surface area contributed by atoms with Gasteiger partial charge in [0.2, 0.25) is 0 Å². The predicted octanol–water partition coefficient (Wildman–Crippen LogP) is 2.67. The maximum Gasteiger partial charge on any atom is 0.141 e. The molecule has 0 aromatic carbocycles. The molecule has 4 nitrogen and oxygen atoms in total. The van der Waals surface area contributed by atoms with Crippen LogP contribution in [0.4, 0.5) is 0 Å². The van der Waals surface area contributed by atoms with Crippen molar-refractivity contribution in [1.82, 2.24) is 9.97 Å². The maximum atomic E-state index is 7.34. The second-order valence-electron chi connectivity index (χ2n) is 3.17. The van der Waals surface area contributed by atoms with Crippen molar-refractivity contribution in [3.63, 3.8) is 0 Å². The van der Waals surface area contributed by atoms with Crippen molar-refractivity contribution in [2.24, 2.45) is 5.73 Å². The van der Waals surface area contributed by atoms with E-state index in [1.54, 1.807) is 12.3 Å². The molecule has 2 heterocycles. The minimum absolute atomic E-state index is 0.0347. The van der Waals surface area contributed by atoms with Gasteiger partial charge in [-0.15, -0.1) is 0 Å². The van der Waals surface area contributed by atoms with Gasteiger partial charge in [0.05, 0.1) is 4.47 Å². The van der Waals surface area contributed by atoms with Crippen molar-refractivity contribution in [2.45, 2.75) is 10.1 Å². The van der Waals surface area contributed by atoms with E-state index in [0.717, 1.165) is 14.5 Å². The largest absolute Gasteiger partial charge is 0.382 e. The number of nitrogens with one attached hydrogen (secondary N) is 1. The second kappa shape index (κ2) is 5.29. The molecule has 0 spiro atoms. The van der Waals surface area contributed by atoms with Crippen molar-refractivity contribution in [1.29, 1.82) is 5.41 Å². The van der Waals surface area contributed by atoms with Crippen LogP contribution in [0.2, 0.25) is 0 Å². The lowest BCUT2D eigenvalue weighted by atomic mass is 10.3. The normalized spacial score (nSPS) is 10.2. The van der Waals surface area contributed by atoms with Crippen LogP contribution in [0.1, 0.15) is 5.69 Å². The number of hydrogen-bond acceptors (Lipinski definition) is 4. The minimum Gasteiger partial charge on any atom is -0.382 e. The van der Waals surface area contributed by atoms with Crippen LogP contribution in [0.3, 0.4) is 0 Å². The molecule has 0 amide bonds. The summed E-state index contributed by atoms with van der Waals surface area (Å²) in [6, 6.07) is 9.17. The van der Waals surface area contributed by atoms with E-state index in [1.807, 2.05) is 24.3 Å². The molecule has 17 heavy (non-hydrogen) atoms. The van der Waals surface area contributed by atoms with Gasteiger partial charge in [0, 0.05) is 6.20 Å². The summed E-state index contributed by atoms with van der Waals surface area (Å²) in [7, 11) is 0. The van der Waals surface area contributed by atoms with Crippen LogP contribution in [0.25, 0.3) is 0 Å². The Morgan fingerprint density at radius 1 is 1.29 bits per heavy atom. The molecular weight excluding hydrogens is 300 g/mol. The number of aromatic nitrogens is 2. The zero-order valence-corrected chi connectivity index (χ0v) is 11.1. The number of nitrogens with zero attached hydrogens (tertiary/aromatic N) is 2. The van der Waals surface area contributed by atoms with E-state index in [-0.39, 0.29) is 5.84 Å². The molecule has 0 atom stereocenters. The van der Waals surface area contributed by atoms with E-state index < -0.39 is 0 Å². The minimum atomic E-state index is -0.0347. The Bertz CT molecular complexity index is 559. The highest BCUT2D eigenvalue weighted by Crippen LogP contribution is 2.30. The van der Waals surface area contributed by atoms with E-state index in [9.17, 15) is 0 Å². The lowest BCUT2D eigenvalue weighted by Gasteiger charge is -2.03. The number of pyridine rings is 2. The quantitative estimate of drug-likeness (QED) is 0.675. The molecule has 0 saturated heterocycles. The first-order valence-electron chi connectivity index (χ1n) is 4.76. The van der Waals surface area contributed by atoms with E-state index in [0.29, 0.717) is 5.69 Å². The third-order valence-electron chi connectivity index (χ3n) is 1.93. The summed E-state index contributed by atoms with van der Waals surface area (Å²) in [5.41, 5.74) is 5.87. The van der Waals surface area contributed by atoms with Gasteiger partial charge < -0.3 is 5.73 Å². The fraction of sp³-hybridized carbons (Fsp3) is 0. The Morgan fingerprint density at radius 3 is 2.82 bits per heavy atom. The lowest BCUT2D eigenvalue weighted by Crippen LogP contribution is -2.13. The second-order valence-corrected chi connectivity index (χ2v) is 5.03. The molecule has 2 aromatic heterocycles. The lowest BCUT2D eigenvalue weighted by molar-refractivity contribution is 1.07. The Labute approximate surface area is 111 Å². The molecule has 2 aromatic rings. The van der Waals surface area contributed by atoms with Crippen LogP contribution in [-0.2, 0) is 0 Å². The highest BCUT2D eigenvalue weighted by atomic mass is 79.9. The average molecular weight is 309 g/mol. The van der Waals surface area contributed by atoms with Gasteiger partial charge in [0.25, 0.3) is 0 Å². The Hall–Kier alpha value is -1.40. The van der Waals surface area contributed by atoms with Gasteiger partial charge >= 0.3 is 0 Å². The summed E-state index contributed by atoms with van der Waals surface area (Å²) < 4.78 is 0.917. The Morgan fingerprint density at radius 2 is 2.12 bits per heavy atom. The van der Waals surface area contributed by atoms with Crippen molar-refractivity contribution in [3.8, 4) is 0 Å². The molecule has 0 saturated carbocycles. The molecule has 2 rings (SSSR count). The highest BCUT2D eigenvalue weighted by molar-refractivity contribution is 9.10. The van der Waals surface area contributed by atoms with Gasteiger partial charge in [-0.1, -0.05) is 6.07 Å². The molecule has 0 aliphatic heterocycles. The fourth-order valence-electron chi connectivity index (χ4n) is 1.17. The van der Waals surface area contributed by atoms with Crippen LogP contribution in [0.5, 0.6) is 0 Å². The Balaban J connectivity index is 2.28. The molecule has 0 aliphatic carbocycles. The van der Waals surface area contributed by atoms with E-state index >= 15 is 0 Å². The van der Waals surface area contributed by atoms with Crippen LogP contribution in [0.15, 0.2) is 51.1 Å². The Kier molecular flexibility index (Phi) is 3.75. The first-order valence-corrected chi connectivity index (χ1v) is 6.37. The summed E-state index contributed by atoms with van der Waals surface area (Å²) in [4.78, 5) is 8.50. The van der Waals surface area contributed by atoms with Crippen molar-refractivity contribution >= 4 is 33.5 Å². The average Bonchev–Trinajstić information content (AvgIpc) is 2.32. The number of nitrogen functional groups attached to an aromatic ring is 1. The highest BCUT2D eigenvalue weighted by Gasteiger charge is 2.06. The van der Waals surface area contributed by atoms with E-state index in [4.69, 9.17) is 11.1 Å². The zero-order chi connectivity index (χ0) is 12.3. The smallest absolute Gasteiger partial charge is 0.141 e. The molecule has 86 valence electrons. The number of rotatable bonds is 3. The number of nitrogens with two attached hydrogens (primary N) is 1.